The minimum Gasteiger partial charge on any atom is -0.236 e. The zero-order valence-electron chi connectivity index (χ0n) is 12.8. The highest BCUT2D eigenvalue weighted by molar-refractivity contribution is 6.30. The van der Waals surface area contributed by atoms with Crippen molar-refractivity contribution in [2.24, 2.45) is 5.92 Å². The monoisotopic (exact) mass is 311 g/mol. The average Bonchev–Trinajstić information content (AvgIpc) is 2.84. The molecule has 0 N–H and O–H groups in total. The summed E-state index contributed by atoms with van der Waals surface area (Å²) in [6, 6.07) is 7.91. The van der Waals surface area contributed by atoms with Gasteiger partial charge in [0.1, 0.15) is 0 Å². The third-order valence-electron chi connectivity index (χ3n) is 4.58. The second-order valence-electron chi connectivity index (χ2n) is 6.28. The fourth-order valence-corrected chi connectivity index (χ4v) is 3.55. The van der Waals surface area contributed by atoms with Gasteiger partial charge in [0.15, 0.2) is 5.65 Å². The first-order chi connectivity index (χ1) is 10.6. The fourth-order valence-electron chi connectivity index (χ4n) is 3.42. The summed E-state index contributed by atoms with van der Waals surface area (Å²) < 4.78 is 2.06. The maximum Gasteiger partial charge on any atom is 0.163 e. The van der Waals surface area contributed by atoms with Crippen LogP contribution in [0.15, 0.2) is 30.5 Å². The molecular weight excluding hydrogens is 294 g/mol. The summed E-state index contributed by atoms with van der Waals surface area (Å²) in [6.07, 6.45) is 5.45. The van der Waals surface area contributed by atoms with E-state index in [1.165, 1.54) is 17.7 Å². The summed E-state index contributed by atoms with van der Waals surface area (Å²) in [4.78, 5) is 4.72. The first-order valence-corrected chi connectivity index (χ1v) is 8.13. The molecule has 4 heteroatoms. The number of hydrogen-bond donors (Lipinski definition) is 0. The molecule has 0 amide bonds. The molecule has 0 saturated carbocycles. The van der Waals surface area contributed by atoms with Crippen LogP contribution in [0.25, 0.3) is 16.8 Å². The number of benzene rings is 1. The smallest absolute Gasteiger partial charge is 0.163 e. The van der Waals surface area contributed by atoms with Gasteiger partial charge in [-0.1, -0.05) is 30.7 Å². The predicted octanol–water partition coefficient (Wildman–Crippen LogP) is 4.48. The summed E-state index contributed by atoms with van der Waals surface area (Å²) >= 11 is 6.00. The third-order valence-corrected chi connectivity index (χ3v) is 4.83. The molecule has 1 atom stereocenters. The van der Waals surface area contributed by atoms with Crippen molar-refractivity contribution in [3.05, 3.63) is 52.4 Å². The van der Waals surface area contributed by atoms with E-state index in [1.54, 1.807) is 0 Å². The molecule has 0 saturated heterocycles. The van der Waals surface area contributed by atoms with Crippen LogP contribution in [0.5, 0.6) is 0 Å². The van der Waals surface area contributed by atoms with E-state index in [-0.39, 0.29) is 0 Å². The Morgan fingerprint density at radius 1 is 1.23 bits per heavy atom. The molecular formula is C18H18ClN3. The number of rotatable bonds is 1. The molecule has 2 heterocycles. The molecule has 0 radical (unpaired) electrons. The highest BCUT2D eigenvalue weighted by Crippen LogP contribution is 2.31. The van der Waals surface area contributed by atoms with Gasteiger partial charge < -0.3 is 0 Å². The minimum atomic E-state index is 0.735. The van der Waals surface area contributed by atoms with Crippen LogP contribution in [-0.4, -0.2) is 14.6 Å². The summed E-state index contributed by atoms with van der Waals surface area (Å²) in [5, 5.41) is 5.52. The van der Waals surface area contributed by atoms with Crippen LogP contribution in [0.3, 0.4) is 0 Å². The Bertz CT molecular complexity index is 849. The van der Waals surface area contributed by atoms with Crippen molar-refractivity contribution in [1.82, 2.24) is 14.6 Å². The van der Waals surface area contributed by atoms with Gasteiger partial charge in [-0.3, -0.25) is 0 Å². The molecule has 22 heavy (non-hydrogen) atoms. The number of nitrogens with zero attached hydrogens (tertiary/aromatic N) is 3. The number of fused-ring (bicyclic) bond motifs is 3. The van der Waals surface area contributed by atoms with Gasteiger partial charge in [0.05, 0.1) is 5.69 Å². The Morgan fingerprint density at radius 2 is 2.00 bits per heavy atom. The number of aryl methyl sites for hydroxylation is 2. The summed E-state index contributed by atoms with van der Waals surface area (Å²) in [5.41, 5.74) is 6.87. The van der Waals surface area contributed by atoms with E-state index >= 15 is 0 Å². The maximum atomic E-state index is 6.00. The van der Waals surface area contributed by atoms with Crippen LogP contribution < -0.4 is 0 Å². The highest BCUT2D eigenvalue weighted by Gasteiger charge is 2.21. The van der Waals surface area contributed by atoms with Gasteiger partial charge in [0.25, 0.3) is 0 Å². The number of halogens is 1. The molecule has 1 aromatic carbocycles. The van der Waals surface area contributed by atoms with E-state index in [9.17, 15) is 0 Å². The van der Waals surface area contributed by atoms with E-state index in [4.69, 9.17) is 21.7 Å². The fraction of sp³-hybridized carbons (Fsp3) is 0.333. The van der Waals surface area contributed by atoms with Crippen molar-refractivity contribution in [3.8, 4) is 11.1 Å². The molecule has 0 aliphatic heterocycles. The van der Waals surface area contributed by atoms with Crippen LogP contribution >= 0.6 is 11.6 Å². The summed E-state index contributed by atoms with van der Waals surface area (Å²) in [7, 11) is 0. The third kappa shape index (κ3) is 2.12. The van der Waals surface area contributed by atoms with Gasteiger partial charge in [-0.05, 0) is 55.4 Å². The van der Waals surface area contributed by atoms with Crippen LogP contribution in [0.1, 0.15) is 30.3 Å². The van der Waals surface area contributed by atoms with Crippen LogP contribution in [0.2, 0.25) is 5.02 Å². The average molecular weight is 312 g/mol. The Kier molecular flexibility index (Phi) is 3.19. The van der Waals surface area contributed by atoms with Gasteiger partial charge in [0, 0.05) is 22.5 Å². The van der Waals surface area contributed by atoms with Crippen molar-refractivity contribution < 1.29 is 0 Å². The molecule has 112 valence electrons. The zero-order valence-corrected chi connectivity index (χ0v) is 13.6. The lowest BCUT2D eigenvalue weighted by Gasteiger charge is -2.21. The quantitative estimate of drug-likeness (QED) is 0.663. The molecule has 1 unspecified atom stereocenters. The summed E-state index contributed by atoms with van der Waals surface area (Å²) in [6.45, 7) is 4.36. The molecule has 0 spiro atoms. The van der Waals surface area contributed by atoms with Gasteiger partial charge in [-0.2, -0.15) is 5.10 Å². The number of hydrogen-bond acceptors (Lipinski definition) is 2. The Hall–Kier alpha value is -1.87. The molecule has 4 rings (SSSR count). The zero-order chi connectivity index (χ0) is 15.3. The highest BCUT2D eigenvalue weighted by atomic mass is 35.5. The van der Waals surface area contributed by atoms with E-state index in [1.807, 2.05) is 30.5 Å². The standard InChI is InChI=1S/C18H18ClN3/c1-11-3-8-16-14(9-11)10-20-18-17(12(2)21-22(16)18)13-4-6-15(19)7-5-13/h4-7,10-11H,3,8-9H2,1-2H3. The Morgan fingerprint density at radius 3 is 2.77 bits per heavy atom. The van der Waals surface area contributed by atoms with Gasteiger partial charge in [-0.15, -0.1) is 0 Å². The SMILES string of the molecule is Cc1nn2c3c(cnc2c1-c1ccc(Cl)cc1)CC(C)CC3. The normalized spacial score (nSPS) is 17.7. The first-order valence-electron chi connectivity index (χ1n) is 7.75. The molecule has 3 nitrogen and oxygen atoms in total. The van der Waals surface area contributed by atoms with Crippen molar-refractivity contribution >= 4 is 17.2 Å². The molecule has 3 aromatic rings. The number of aromatic nitrogens is 3. The second-order valence-corrected chi connectivity index (χ2v) is 6.72. The largest absolute Gasteiger partial charge is 0.236 e. The van der Waals surface area contributed by atoms with Gasteiger partial charge >= 0.3 is 0 Å². The second kappa shape index (κ2) is 5.10. The predicted molar refractivity (Wildman–Crippen MR) is 89.4 cm³/mol. The van der Waals surface area contributed by atoms with Crippen molar-refractivity contribution in [3.63, 3.8) is 0 Å². The molecule has 2 aromatic heterocycles. The van der Waals surface area contributed by atoms with E-state index in [0.717, 1.165) is 46.3 Å². The topological polar surface area (TPSA) is 30.2 Å². The van der Waals surface area contributed by atoms with Crippen molar-refractivity contribution in [2.45, 2.75) is 33.1 Å². The van der Waals surface area contributed by atoms with Crippen LogP contribution in [-0.2, 0) is 12.8 Å². The molecule has 0 fully saturated rings. The van der Waals surface area contributed by atoms with Gasteiger partial charge in [0.2, 0.25) is 0 Å². The Balaban J connectivity index is 1.94. The molecule has 0 bridgehead atoms. The van der Waals surface area contributed by atoms with Gasteiger partial charge in [-0.25, -0.2) is 9.50 Å². The van der Waals surface area contributed by atoms with E-state index in [0.29, 0.717) is 0 Å². The van der Waals surface area contributed by atoms with E-state index < -0.39 is 0 Å². The molecule has 1 aliphatic carbocycles. The van der Waals surface area contributed by atoms with E-state index in [2.05, 4.69) is 18.4 Å². The Labute approximate surface area is 135 Å². The molecule has 1 aliphatic rings. The lowest BCUT2D eigenvalue weighted by molar-refractivity contribution is 0.485. The minimum absolute atomic E-state index is 0.735. The lowest BCUT2D eigenvalue weighted by atomic mass is 9.89. The van der Waals surface area contributed by atoms with Crippen molar-refractivity contribution in [2.75, 3.05) is 0 Å². The van der Waals surface area contributed by atoms with Crippen molar-refractivity contribution in [1.29, 1.82) is 0 Å². The van der Waals surface area contributed by atoms with Crippen LogP contribution in [0, 0.1) is 12.8 Å². The lowest BCUT2D eigenvalue weighted by Crippen LogP contribution is -2.16. The summed E-state index contributed by atoms with van der Waals surface area (Å²) in [5.74, 6) is 0.735. The first kappa shape index (κ1) is 13.8. The van der Waals surface area contributed by atoms with Crippen LogP contribution in [0.4, 0.5) is 0 Å². The maximum absolute atomic E-state index is 6.00.